The molecule has 2 aromatic rings. The van der Waals surface area contributed by atoms with Gasteiger partial charge in [0, 0.05) is 0 Å². The van der Waals surface area contributed by atoms with Crippen LogP contribution < -0.4 is 4.72 Å². The molecule has 23 heavy (non-hydrogen) atoms. The van der Waals surface area contributed by atoms with E-state index in [2.05, 4.69) is 0 Å². The lowest BCUT2D eigenvalue weighted by Gasteiger charge is -2.15. The lowest BCUT2D eigenvalue weighted by molar-refractivity contribution is -0.120. The first-order valence-corrected chi connectivity index (χ1v) is 8.02. The fraction of sp³-hybridized carbons (Fsp3) is 0.133. The molecule has 0 atom stereocenters. The van der Waals surface area contributed by atoms with Crippen molar-refractivity contribution < 1.29 is 26.4 Å². The van der Waals surface area contributed by atoms with Crippen LogP contribution in [0.1, 0.15) is 17.0 Å². The number of carbonyl (C=O) groups is 1. The molecular weight excluding hydrogens is 331 g/mol. The second-order valence-electron chi connectivity index (χ2n) is 5.02. The van der Waals surface area contributed by atoms with Gasteiger partial charge in [0.05, 0.1) is 5.92 Å². The van der Waals surface area contributed by atoms with E-state index in [1.54, 1.807) is 48.5 Å². The van der Waals surface area contributed by atoms with Crippen molar-refractivity contribution >= 4 is 15.9 Å². The standard InChI is InChI=1S/C15H10F3NO3S/c16-15(17,18)23(21,22)19-14(20)13-11-7-3-1-5-9(11)10-6-2-4-8-12(10)13/h1-8,13H,(H,19,20). The second-order valence-corrected chi connectivity index (χ2v) is 6.70. The molecule has 1 aliphatic rings. The first-order valence-electron chi connectivity index (χ1n) is 6.53. The van der Waals surface area contributed by atoms with E-state index in [0.29, 0.717) is 22.3 Å². The summed E-state index contributed by atoms with van der Waals surface area (Å²) in [6.45, 7) is 0. The molecule has 0 aliphatic heterocycles. The monoisotopic (exact) mass is 341 g/mol. The summed E-state index contributed by atoms with van der Waals surface area (Å²) in [5.74, 6) is -2.32. The van der Waals surface area contributed by atoms with Crippen LogP contribution in [-0.2, 0) is 14.8 Å². The van der Waals surface area contributed by atoms with E-state index in [4.69, 9.17) is 0 Å². The average molecular weight is 341 g/mol. The van der Waals surface area contributed by atoms with Gasteiger partial charge >= 0.3 is 15.5 Å². The zero-order valence-corrected chi connectivity index (χ0v) is 12.3. The van der Waals surface area contributed by atoms with Crippen LogP contribution in [0.5, 0.6) is 0 Å². The van der Waals surface area contributed by atoms with Gasteiger partial charge in [-0.15, -0.1) is 0 Å². The number of carbonyl (C=O) groups excluding carboxylic acids is 1. The molecule has 0 heterocycles. The minimum atomic E-state index is -5.74. The van der Waals surface area contributed by atoms with Crippen molar-refractivity contribution in [3.8, 4) is 11.1 Å². The molecule has 0 saturated heterocycles. The van der Waals surface area contributed by atoms with Crippen LogP contribution in [0.3, 0.4) is 0 Å². The number of hydrogen-bond donors (Lipinski definition) is 1. The molecule has 0 saturated carbocycles. The number of benzene rings is 2. The van der Waals surface area contributed by atoms with Crippen LogP contribution in [0, 0.1) is 0 Å². The zero-order valence-electron chi connectivity index (χ0n) is 11.5. The maximum atomic E-state index is 12.5. The topological polar surface area (TPSA) is 63.2 Å². The fourth-order valence-corrected chi connectivity index (χ4v) is 3.19. The summed E-state index contributed by atoms with van der Waals surface area (Å²) in [6, 6.07) is 13.4. The van der Waals surface area contributed by atoms with Gasteiger partial charge in [0.25, 0.3) is 0 Å². The van der Waals surface area contributed by atoms with Gasteiger partial charge in [-0.05, 0) is 22.3 Å². The van der Waals surface area contributed by atoms with Crippen molar-refractivity contribution in [2.24, 2.45) is 0 Å². The molecule has 0 unspecified atom stereocenters. The summed E-state index contributed by atoms with van der Waals surface area (Å²) < 4.78 is 60.9. The predicted molar refractivity (Wildman–Crippen MR) is 76.8 cm³/mol. The molecule has 120 valence electrons. The van der Waals surface area contributed by atoms with E-state index < -0.39 is 27.4 Å². The number of hydrogen-bond acceptors (Lipinski definition) is 3. The number of amides is 1. The van der Waals surface area contributed by atoms with E-state index in [0.717, 1.165) is 4.72 Å². The molecule has 1 N–H and O–H groups in total. The Labute approximate surface area is 130 Å². The summed E-state index contributed by atoms with van der Waals surface area (Å²) in [5, 5.41) is 0. The number of alkyl halides is 3. The summed E-state index contributed by atoms with van der Waals surface area (Å²) in [6.07, 6.45) is 0. The zero-order chi connectivity index (χ0) is 16.8. The third-order valence-corrected chi connectivity index (χ3v) is 4.71. The highest BCUT2D eigenvalue weighted by molar-refractivity contribution is 7.90. The second kappa shape index (κ2) is 5.09. The Kier molecular flexibility index (Phi) is 3.44. The summed E-state index contributed by atoms with van der Waals surface area (Å²) in [7, 11) is -5.74. The van der Waals surface area contributed by atoms with Crippen molar-refractivity contribution in [1.82, 2.24) is 4.72 Å². The Balaban J connectivity index is 2.05. The molecule has 0 fully saturated rings. The average Bonchev–Trinajstić information content (AvgIpc) is 2.80. The van der Waals surface area contributed by atoms with Crippen molar-refractivity contribution in [2.75, 3.05) is 0 Å². The lowest BCUT2D eigenvalue weighted by atomic mass is 9.96. The number of fused-ring (bicyclic) bond motifs is 3. The SMILES string of the molecule is O=C(NS(=O)(=O)C(F)(F)F)C1c2ccccc2-c2ccccc21. The van der Waals surface area contributed by atoms with Crippen molar-refractivity contribution in [2.45, 2.75) is 11.4 Å². The molecule has 1 amide bonds. The van der Waals surface area contributed by atoms with E-state index in [1.165, 1.54) is 0 Å². The first kappa shape index (κ1) is 15.5. The minimum absolute atomic E-state index is 0.476. The highest BCUT2D eigenvalue weighted by Crippen LogP contribution is 2.44. The molecule has 8 heteroatoms. The van der Waals surface area contributed by atoms with E-state index in [1.807, 2.05) is 0 Å². The molecule has 0 aromatic heterocycles. The van der Waals surface area contributed by atoms with Crippen LogP contribution >= 0.6 is 0 Å². The Morgan fingerprint density at radius 2 is 1.35 bits per heavy atom. The van der Waals surface area contributed by atoms with Crippen LogP contribution in [0.15, 0.2) is 48.5 Å². The Morgan fingerprint density at radius 1 is 0.913 bits per heavy atom. The van der Waals surface area contributed by atoms with Gasteiger partial charge in [0.2, 0.25) is 5.91 Å². The van der Waals surface area contributed by atoms with Crippen molar-refractivity contribution in [1.29, 1.82) is 0 Å². The highest BCUT2D eigenvalue weighted by atomic mass is 32.2. The maximum Gasteiger partial charge on any atom is 0.516 e. The quantitative estimate of drug-likeness (QED) is 0.914. The molecule has 4 nitrogen and oxygen atoms in total. The van der Waals surface area contributed by atoms with Crippen LogP contribution in [0.25, 0.3) is 11.1 Å². The summed E-state index contributed by atoms with van der Waals surface area (Å²) in [4.78, 5) is 12.2. The molecule has 0 radical (unpaired) electrons. The molecule has 0 bridgehead atoms. The molecule has 0 spiro atoms. The smallest absolute Gasteiger partial charge is 0.273 e. The van der Waals surface area contributed by atoms with Crippen LogP contribution in [0.2, 0.25) is 0 Å². The number of rotatable bonds is 2. The van der Waals surface area contributed by atoms with Crippen LogP contribution in [-0.4, -0.2) is 19.8 Å². The van der Waals surface area contributed by atoms with E-state index in [-0.39, 0.29) is 0 Å². The van der Waals surface area contributed by atoms with Crippen LogP contribution in [0.4, 0.5) is 13.2 Å². The Hall–Kier alpha value is -2.35. The number of halogens is 3. The van der Waals surface area contributed by atoms with Gasteiger partial charge in [-0.1, -0.05) is 48.5 Å². The predicted octanol–water partition coefficient (Wildman–Crippen LogP) is 2.76. The van der Waals surface area contributed by atoms with E-state index >= 15 is 0 Å². The Bertz CT molecular complexity index is 845. The largest absolute Gasteiger partial charge is 0.516 e. The van der Waals surface area contributed by atoms with Gasteiger partial charge in [0.1, 0.15) is 0 Å². The third-order valence-electron chi connectivity index (χ3n) is 3.64. The lowest BCUT2D eigenvalue weighted by Crippen LogP contribution is -2.42. The van der Waals surface area contributed by atoms with Gasteiger partial charge in [-0.2, -0.15) is 21.6 Å². The van der Waals surface area contributed by atoms with Gasteiger partial charge < -0.3 is 0 Å². The number of sulfonamides is 1. The molecule has 2 aromatic carbocycles. The van der Waals surface area contributed by atoms with Crippen molar-refractivity contribution in [3.05, 3.63) is 59.7 Å². The fourth-order valence-electron chi connectivity index (χ4n) is 2.69. The maximum absolute atomic E-state index is 12.5. The number of nitrogens with one attached hydrogen (secondary N) is 1. The minimum Gasteiger partial charge on any atom is -0.273 e. The van der Waals surface area contributed by atoms with Gasteiger partial charge in [-0.25, -0.2) is 4.72 Å². The third kappa shape index (κ3) is 2.48. The normalized spacial score (nSPS) is 14.2. The molecular formula is C15H10F3NO3S. The Morgan fingerprint density at radius 3 is 1.78 bits per heavy atom. The first-order chi connectivity index (χ1) is 10.7. The highest BCUT2D eigenvalue weighted by Gasteiger charge is 2.48. The van der Waals surface area contributed by atoms with Crippen molar-refractivity contribution in [3.63, 3.8) is 0 Å². The van der Waals surface area contributed by atoms with Gasteiger partial charge in [0.15, 0.2) is 0 Å². The molecule has 3 rings (SSSR count). The van der Waals surface area contributed by atoms with E-state index in [9.17, 15) is 26.4 Å². The summed E-state index contributed by atoms with van der Waals surface area (Å²) in [5.41, 5.74) is -3.19. The summed E-state index contributed by atoms with van der Waals surface area (Å²) >= 11 is 0. The van der Waals surface area contributed by atoms with Gasteiger partial charge in [-0.3, -0.25) is 4.79 Å². The molecule has 1 aliphatic carbocycles.